The molecule has 24 heavy (non-hydrogen) atoms. The van der Waals surface area contributed by atoms with E-state index in [4.69, 9.17) is 4.74 Å². The molecule has 3 rings (SSSR count). The van der Waals surface area contributed by atoms with Gasteiger partial charge in [-0.1, -0.05) is 24.3 Å². The number of aryl methyl sites for hydroxylation is 1. The molecular weight excluding hydrogens is 300 g/mol. The third-order valence-corrected chi connectivity index (χ3v) is 3.90. The summed E-state index contributed by atoms with van der Waals surface area (Å²) >= 11 is 0. The topological polar surface area (TPSA) is 59.1 Å². The molecule has 2 N–H and O–H groups in total. The molecule has 0 spiro atoms. The molecule has 0 saturated heterocycles. The van der Waals surface area contributed by atoms with E-state index in [1.165, 1.54) is 17.5 Å². The van der Waals surface area contributed by atoms with Gasteiger partial charge in [-0.05, 0) is 43.2 Å². The van der Waals surface area contributed by atoms with E-state index in [1.807, 2.05) is 42.5 Å². The number of hydrogen-bond acceptors (Lipinski definition) is 5. The molecule has 5 heteroatoms. The number of nitrogens with zero attached hydrogens (tertiary/aromatic N) is 2. The Morgan fingerprint density at radius 2 is 1.50 bits per heavy atom. The molecule has 0 fully saturated rings. The first-order valence-corrected chi connectivity index (χ1v) is 7.72. The van der Waals surface area contributed by atoms with Crippen molar-refractivity contribution in [3.05, 3.63) is 66.0 Å². The summed E-state index contributed by atoms with van der Waals surface area (Å²) in [5, 5.41) is 6.60. The zero-order valence-corrected chi connectivity index (χ0v) is 14.0. The van der Waals surface area contributed by atoms with Crippen molar-refractivity contribution in [2.24, 2.45) is 0 Å². The second-order valence-electron chi connectivity index (χ2n) is 5.49. The van der Waals surface area contributed by atoms with E-state index in [-0.39, 0.29) is 0 Å². The Kier molecular flexibility index (Phi) is 4.61. The van der Waals surface area contributed by atoms with Crippen LogP contribution in [0.15, 0.2) is 54.9 Å². The lowest BCUT2D eigenvalue weighted by atomic mass is 10.1. The van der Waals surface area contributed by atoms with E-state index < -0.39 is 0 Å². The Balaban J connectivity index is 1.83. The molecule has 0 atom stereocenters. The van der Waals surface area contributed by atoms with Crippen LogP contribution in [-0.2, 0) is 0 Å². The average Bonchev–Trinajstić information content (AvgIpc) is 2.60. The molecule has 0 amide bonds. The molecule has 2 aromatic carbocycles. The van der Waals surface area contributed by atoms with Gasteiger partial charge < -0.3 is 15.4 Å². The molecule has 122 valence electrons. The first-order chi connectivity index (χ1) is 11.7. The summed E-state index contributed by atoms with van der Waals surface area (Å²) in [6.45, 7) is 4.18. The fraction of sp³-hybridized carbons (Fsp3) is 0.158. The van der Waals surface area contributed by atoms with Crippen molar-refractivity contribution in [1.29, 1.82) is 0 Å². The van der Waals surface area contributed by atoms with Crippen molar-refractivity contribution < 1.29 is 4.74 Å². The van der Waals surface area contributed by atoms with Gasteiger partial charge in [0, 0.05) is 11.8 Å². The van der Waals surface area contributed by atoms with Gasteiger partial charge in [-0.25, -0.2) is 9.97 Å². The summed E-state index contributed by atoms with van der Waals surface area (Å²) in [7, 11) is 1.65. The minimum atomic E-state index is 0.697. The maximum absolute atomic E-state index is 5.35. The van der Waals surface area contributed by atoms with Gasteiger partial charge in [0.1, 0.15) is 23.7 Å². The van der Waals surface area contributed by atoms with Crippen LogP contribution in [-0.4, -0.2) is 17.1 Å². The zero-order chi connectivity index (χ0) is 16.9. The van der Waals surface area contributed by atoms with Crippen LogP contribution < -0.4 is 15.4 Å². The van der Waals surface area contributed by atoms with E-state index in [0.717, 1.165) is 22.9 Å². The Hall–Kier alpha value is -3.08. The van der Waals surface area contributed by atoms with Gasteiger partial charge >= 0.3 is 0 Å². The molecule has 0 bridgehead atoms. The van der Waals surface area contributed by atoms with Gasteiger partial charge in [0.2, 0.25) is 0 Å². The quantitative estimate of drug-likeness (QED) is 0.720. The van der Waals surface area contributed by atoms with Gasteiger partial charge in [0.25, 0.3) is 0 Å². The number of nitrogens with one attached hydrogen (secondary N) is 2. The average molecular weight is 320 g/mol. The van der Waals surface area contributed by atoms with Gasteiger partial charge in [-0.2, -0.15) is 0 Å². The Bertz CT molecular complexity index is 848. The van der Waals surface area contributed by atoms with Gasteiger partial charge in [-0.3, -0.25) is 0 Å². The predicted molar refractivity (Wildman–Crippen MR) is 97.5 cm³/mol. The van der Waals surface area contributed by atoms with Crippen molar-refractivity contribution in [1.82, 2.24) is 9.97 Å². The maximum Gasteiger partial charge on any atom is 0.142 e. The highest BCUT2D eigenvalue weighted by molar-refractivity contribution is 5.68. The molecule has 0 aliphatic carbocycles. The van der Waals surface area contributed by atoms with E-state index in [0.29, 0.717) is 5.82 Å². The Morgan fingerprint density at radius 1 is 0.833 bits per heavy atom. The lowest BCUT2D eigenvalue weighted by Gasteiger charge is -2.13. The molecule has 0 aliphatic rings. The minimum absolute atomic E-state index is 0.697. The normalized spacial score (nSPS) is 10.3. The van der Waals surface area contributed by atoms with Crippen LogP contribution in [0.25, 0.3) is 0 Å². The monoisotopic (exact) mass is 320 g/mol. The summed E-state index contributed by atoms with van der Waals surface area (Å²) in [4.78, 5) is 8.57. The Labute approximate surface area is 141 Å². The molecule has 0 aliphatic heterocycles. The summed E-state index contributed by atoms with van der Waals surface area (Å²) in [6.07, 6.45) is 1.53. The van der Waals surface area contributed by atoms with Gasteiger partial charge in [-0.15, -0.1) is 0 Å². The first kappa shape index (κ1) is 15.8. The number of hydrogen-bond donors (Lipinski definition) is 2. The van der Waals surface area contributed by atoms with E-state index in [2.05, 4.69) is 40.5 Å². The lowest BCUT2D eigenvalue weighted by Crippen LogP contribution is -2.01. The number of rotatable bonds is 5. The SMILES string of the molecule is COc1ccccc1Nc1cc(Nc2cccc(C)c2C)ncn1. The molecule has 3 aromatic rings. The number of ether oxygens (including phenoxy) is 1. The maximum atomic E-state index is 5.35. The second kappa shape index (κ2) is 7.00. The third-order valence-electron chi connectivity index (χ3n) is 3.90. The fourth-order valence-corrected chi connectivity index (χ4v) is 2.40. The van der Waals surface area contributed by atoms with Gasteiger partial charge in [0.15, 0.2) is 0 Å². The molecule has 1 heterocycles. The first-order valence-electron chi connectivity index (χ1n) is 7.72. The summed E-state index contributed by atoms with van der Waals surface area (Å²) in [5.41, 5.74) is 4.34. The van der Waals surface area contributed by atoms with Crippen molar-refractivity contribution in [2.45, 2.75) is 13.8 Å². The predicted octanol–water partition coefficient (Wildman–Crippen LogP) is 4.59. The van der Waals surface area contributed by atoms with Crippen LogP contribution in [0.5, 0.6) is 5.75 Å². The second-order valence-corrected chi connectivity index (χ2v) is 5.49. The highest BCUT2D eigenvalue weighted by Gasteiger charge is 2.06. The van der Waals surface area contributed by atoms with Crippen molar-refractivity contribution in [3.8, 4) is 5.75 Å². The number of para-hydroxylation sites is 2. The smallest absolute Gasteiger partial charge is 0.142 e. The van der Waals surface area contributed by atoms with Crippen molar-refractivity contribution in [2.75, 3.05) is 17.7 Å². The number of aromatic nitrogens is 2. The highest BCUT2D eigenvalue weighted by atomic mass is 16.5. The van der Waals surface area contributed by atoms with E-state index in [1.54, 1.807) is 7.11 Å². The van der Waals surface area contributed by atoms with Crippen LogP contribution in [0, 0.1) is 13.8 Å². The van der Waals surface area contributed by atoms with Crippen LogP contribution in [0.1, 0.15) is 11.1 Å². The Morgan fingerprint density at radius 3 is 2.25 bits per heavy atom. The standard InChI is InChI=1S/C19H20N4O/c1-13-7-6-9-15(14(13)2)22-18-11-19(21-12-20-18)23-16-8-4-5-10-17(16)24-3/h4-12H,1-3H3,(H2,20,21,22,23). The highest BCUT2D eigenvalue weighted by Crippen LogP contribution is 2.27. The molecule has 0 radical (unpaired) electrons. The molecular formula is C19H20N4O. The van der Waals surface area contributed by atoms with E-state index >= 15 is 0 Å². The fourth-order valence-electron chi connectivity index (χ4n) is 2.40. The summed E-state index contributed by atoms with van der Waals surface area (Å²) < 4.78 is 5.35. The zero-order valence-electron chi connectivity index (χ0n) is 14.0. The van der Waals surface area contributed by atoms with Crippen LogP contribution in [0.2, 0.25) is 0 Å². The summed E-state index contributed by atoms with van der Waals surface area (Å²) in [5.74, 6) is 2.19. The number of anilines is 4. The lowest BCUT2D eigenvalue weighted by molar-refractivity contribution is 0.417. The minimum Gasteiger partial charge on any atom is -0.495 e. The van der Waals surface area contributed by atoms with Crippen LogP contribution >= 0.6 is 0 Å². The summed E-state index contributed by atoms with van der Waals surface area (Å²) in [6, 6.07) is 15.7. The van der Waals surface area contributed by atoms with Crippen LogP contribution in [0.4, 0.5) is 23.0 Å². The molecule has 5 nitrogen and oxygen atoms in total. The molecule has 0 unspecified atom stereocenters. The largest absolute Gasteiger partial charge is 0.495 e. The molecule has 1 aromatic heterocycles. The number of benzene rings is 2. The molecule has 0 saturated carbocycles. The van der Waals surface area contributed by atoms with Crippen molar-refractivity contribution >= 4 is 23.0 Å². The van der Waals surface area contributed by atoms with Crippen molar-refractivity contribution in [3.63, 3.8) is 0 Å². The van der Waals surface area contributed by atoms with Crippen LogP contribution in [0.3, 0.4) is 0 Å². The number of methoxy groups -OCH3 is 1. The van der Waals surface area contributed by atoms with Gasteiger partial charge in [0.05, 0.1) is 12.8 Å². The third kappa shape index (κ3) is 3.46. The van der Waals surface area contributed by atoms with E-state index in [9.17, 15) is 0 Å².